The average Bonchev–Trinajstić information content (AvgIpc) is 2.84. The summed E-state index contributed by atoms with van der Waals surface area (Å²) in [6.07, 6.45) is 16.3. The summed E-state index contributed by atoms with van der Waals surface area (Å²) in [6.45, 7) is 6.74. The predicted molar refractivity (Wildman–Crippen MR) is 90.4 cm³/mol. The van der Waals surface area contributed by atoms with Crippen molar-refractivity contribution in [3.8, 4) is 0 Å². The second kappa shape index (κ2) is 4.82. The number of carbonyl (C=O) groups is 1. The van der Waals surface area contributed by atoms with Crippen LogP contribution in [0.3, 0.4) is 0 Å². The SMILES string of the molecule is CC(=O)C1=CC[C@H]2[C@@H]3CCC4CC=CC[C@]4(C)[C@H]3CC[C@]12C. The first kappa shape index (κ1) is 14.7. The van der Waals surface area contributed by atoms with E-state index in [9.17, 15) is 4.79 Å². The Morgan fingerprint density at radius 2 is 1.91 bits per heavy atom. The van der Waals surface area contributed by atoms with Crippen molar-refractivity contribution in [2.45, 2.75) is 65.7 Å². The summed E-state index contributed by atoms with van der Waals surface area (Å²) in [5.41, 5.74) is 1.87. The summed E-state index contributed by atoms with van der Waals surface area (Å²) in [5.74, 6) is 3.69. The molecule has 1 heteroatoms. The van der Waals surface area contributed by atoms with Crippen molar-refractivity contribution < 1.29 is 4.79 Å². The molecule has 4 rings (SSSR count). The lowest BCUT2D eigenvalue weighted by atomic mass is 9.45. The summed E-state index contributed by atoms with van der Waals surface area (Å²) in [5, 5.41) is 0. The standard InChI is InChI=1S/C21H30O/c1-14(22)17-9-10-18-16-8-7-15-6-4-5-12-20(15,2)19(16)11-13-21(17,18)3/h4-5,9,15-16,18-19H,6-8,10-13H2,1-3H3/t15?,16-,18-,19-,20-,21+/m0/s1. The molecule has 0 bridgehead atoms. The van der Waals surface area contributed by atoms with Gasteiger partial charge in [0, 0.05) is 0 Å². The lowest BCUT2D eigenvalue weighted by molar-refractivity contribution is -0.117. The first-order valence-electron chi connectivity index (χ1n) is 9.33. The highest BCUT2D eigenvalue weighted by atomic mass is 16.1. The molecule has 2 fully saturated rings. The minimum atomic E-state index is 0.181. The maximum absolute atomic E-state index is 12.1. The molecule has 1 unspecified atom stereocenters. The molecule has 2 saturated carbocycles. The zero-order chi connectivity index (χ0) is 15.5. The summed E-state index contributed by atoms with van der Waals surface area (Å²) in [7, 11) is 0. The van der Waals surface area contributed by atoms with E-state index in [-0.39, 0.29) is 5.41 Å². The third-order valence-corrected chi connectivity index (χ3v) is 8.17. The molecule has 0 N–H and O–H groups in total. The number of Topliss-reactive ketones (excluding diaryl/α,β-unsaturated/α-hetero) is 1. The largest absolute Gasteiger partial charge is 0.295 e. The molecule has 0 aliphatic heterocycles. The Morgan fingerprint density at radius 1 is 1.09 bits per heavy atom. The number of ketones is 1. The van der Waals surface area contributed by atoms with E-state index in [0.717, 1.165) is 35.7 Å². The second-order valence-corrected chi connectivity index (χ2v) is 8.93. The van der Waals surface area contributed by atoms with Gasteiger partial charge in [0.15, 0.2) is 5.78 Å². The van der Waals surface area contributed by atoms with Gasteiger partial charge in [-0.1, -0.05) is 32.1 Å². The first-order valence-corrected chi connectivity index (χ1v) is 9.33. The minimum Gasteiger partial charge on any atom is -0.295 e. The van der Waals surface area contributed by atoms with Crippen molar-refractivity contribution in [1.29, 1.82) is 0 Å². The van der Waals surface area contributed by atoms with E-state index in [2.05, 4.69) is 32.1 Å². The normalized spacial score (nSPS) is 49.9. The Hall–Kier alpha value is -0.850. The van der Waals surface area contributed by atoms with Crippen LogP contribution in [0.15, 0.2) is 23.8 Å². The molecule has 4 aliphatic rings. The van der Waals surface area contributed by atoms with E-state index >= 15 is 0 Å². The van der Waals surface area contributed by atoms with Gasteiger partial charge in [-0.15, -0.1) is 0 Å². The van der Waals surface area contributed by atoms with Crippen molar-refractivity contribution in [3.05, 3.63) is 23.8 Å². The number of hydrogen-bond acceptors (Lipinski definition) is 1. The van der Waals surface area contributed by atoms with E-state index in [1.165, 1.54) is 38.5 Å². The molecule has 4 aliphatic carbocycles. The van der Waals surface area contributed by atoms with Gasteiger partial charge >= 0.3 is 0 Å². The van der Waals surface area contributed by atoms with Crippen LogP contribution in [0, 0.1) is 34.5 Å². The maximum Gasteiger partial charge on any atom is 0.156 e. The number of hydrogen-bond donors (Lipinski definition) is 0. The van der Waals surface area contributed by atoms with Gasteiger partial charge in [-0.05, 0) is 91.9 Å². The summed E-state index contributed by atoms with van der Waals surface area (Å²) >= 11 is 0. The van der Waals surface area contributed by atoms with Gasteiger partial charge in [-0.3, -0.25) is 4.79 Å². The number of fused-ring (bicyclic) bond motifs is 5. The molecular weight excluding hydrogens is 268 g/mol. The van der Waals surface area contributed by atoms with Gasteiger partial charge in [-0.2, -0.15) is 0 Å². The van der Waals surface area contributed by atoms with Crippen LogP contribution in [0.25, 0.3) is 0 Å². The van der Waals surface area contributed by atoms with Gasteiger partial charge in [0.1, 0.15) is 0 Å². The third-order valence-electron chi connectivity index (χ3n) is 8.17. The van der Waals surface area contributed by atoms with E-state index < -0.39 is 0 Å². The van der Waals surface area contributed by atoms with Crippen LogP contribution in [0.4, 0.5) is 0 Å². The van der Waals surface area contributed by atoms with Gasteiger partial charge in [-0.25, -0.2) is 0 Å². The molecule has 0 spiro atoms. The molecule has 120 valence electrons. The van der Waals surface area contributed by atoms with Crippen LogP contribution >= 0.6 is 0 Å². The fraction of sp³-hybridized carbons (Fsp3) is 0.762. The van der Waals surface area contributed by atoms with Crippen molar-refractivity contribution in [1.82, 2.24) is 0 Å². The summed E-state index contributed by atoms with van der Waals surface area (Å²) in [4.78, 5) is 12.1. The number of allylic oxidation sites excluding steroid dienone is 4. The van der Waals surface area contributed by atoms with Crippen LogP contribution < -0.4 is 0 Å². The van der Waals surface area contributed by atoms with Crippen LogP contribution in [-0.2, 0) is 4.79 Å². The molecule has 1 nitrogen and oxygen atoms in total. The molecular formula is C21H30O. The third kappa shape index (κ3) is 1.80. The zero-order valence-corrected chi connectivity index (χ0v) is 14.4. The molecule has 0 aromatic rings. The van der Waals surface area contributed by atoms with Crippen LogP contribution in [-0.4, -0.2) is 5.78 Å². The maximum atomic E-state index is 12.1. The Kier molecular flexibility index (Phi) is 3.23. The Balaban J connectivity index is 1.66. The number of rotatable bonds is 1. The molecule has 0 radical (unpaired) electrons. The number of carbonyl (C=O) groups excluding carboxylic acids is 1. The summed E-state index contributed by atoms with van der Waals surface area (Å²) in [6, 6.07) is 0. The summed E-state index contributed by atoms with van der Waals surface area (Å²) < 4.78 is 0. The second-order valence-electron chi connectivity index (χ2n) is 8.93. The fourth-order valence-corrected chi connectivity index (χ4v) is 6.95. The zero-order valence-electron chi connectivity index (χ0n) is 14.4. The molecule has 0 aromatic heterocycles. The smallest absolute Gasteiger partial charge is 0.156 e. The average molecular weight is 298 g/mol. The lowest BCUT2D eigenvalue weighted by Gasteiger charge is -2.59. The molecule has 0 aromatic carbocycles. The van der Waals surface area contributed by atoms with Crippen LogP contribution in [0.5, 0.6) is 0 Å². The van der Waals surface area contributed by atoms with Crippen molar-refractivity contribution in [3.63, 3.8) is 0 Å². The molecule has 0 saturated heterocycles. The highest BCUT2D eigenvalue weighted by molar-refractivity contribution is 5.95. The van der Waals surface area contributed by atoms with Gasteiger partial charge in [0.25, 0.3) is 0 Å². The highest BCUT2D eigenvalue weighted by Crippen LogP contribution is 2.65. The van der Waals surface area contributed by atoms with Crippen molar-refractivity contribution >= 4 is 5.78 Å². The van der Waals surface area contributed by atoms with Gasteiger partial charge in [0.2, 0.25) is 0 Å². The lowest BCUT2D eigenvalue weighted by Crippen LogP contribution is -2.52. The van der Waals surface area contributed by atoms with Crippen LogP contribution in [0.2, 0.25) is 0 Å². The Morgan fingerprint density at radius 3 is 2.68 bits per heavy atom. The van der Waals surface area contributed by atoms with E-state index in [1.807, 2.05) is 0 Å². The van der Waals surface area contributed by atoms with E-state index in [1.54, 1.807) is 6.92 Å². The topological polar surface area (TPSA) is 17.1 Å². The molecule has 0 amide bonds. The monoisotopic (exact) mass is 298 g/mol. The Bertz CT molecular complexity index is 556. The predicted octanol–water partition coefficient (Wildman–Crippen LogP) is 5.32. The van der Waals surface area contributed by atoms with Gasteiger partial charge < -0.3 is 0 Å². The minimum absolute atomic E-state index is 0.181. The van der Waals surface area contributed by atoms with Crippen molar-refractivity contribution in [2.75, 3.05) is 0 Å². The van der Waals surface area contributed by atoms with Crippen LogP contribution in [0.1, 0.15) is 65.7 Å². The molecule has 22 heavy (non-hydrogen) atoms. The molecule has 0 heterocycles. The van der Waals surface area contributed by atoms with Crippen molar-refractivity contribution in [2.24, 2.45) is 34.5 Å². The quantitative estimate of drug-likeness (QED) is 0.599. The van der Waals surface area contributed by atoms with Gasteiger partial charge in [0.05, 0.1) is 0 Å². The van der Waals surface area contributed by atoms with E-state index in [4.69, 9.17) is 0 Å². The van der Waals surface area contributed by atoms with E-state index in [0.29, 0.717) is 11.2 Å². The highest BCUT2D eigenvalue weighted by Gasteiger charge is 2.57. The molecule has 6 atom stereocenters. The fourth-order valence-electron chi connectivity index (χ4n) is 6.95. The first-order chi connectivity index (χ1) is 10.5. The Labute approximate surface area is 135 Å².